The van der Waals surface area contributed by atoms with Gasteiger partial charge in [-0.1, -0.05) is 60.2 Å². The summed E-state index contributed by atoms with van der Waals surface area (Å²) in [6.45, 7) is 2.32. The molecule has 37 heavy (non-hydrogen) atoms. The van der Waals surface area contributed by atoms with Crippen molar-refractivity contribution in [2.24, 2.45) is 14.1 Å². The first kappa shape index (κ1) is 26.1. The van der Waals surface area contributed by atoms with E-state index in [9.17, 15) is 22.8 Å². The number of hydrogen-bond donors (Lipinski definition) is 2. The third-order valence-corrected chi connectivity index (χ3v) is 7.63. The van der Waals surface area contributed by atoms with Crippen LogP contribution in [-0.4, -0.2) is 30.0 Å². The number of rotatable bonds is 8. The molecule has 10 heteroatoms. The molecule has 0 saturated carbocycles. The van der Waals surface area contributed by atoms with Crippen molar-refractivity contribution in [3.63, 3.8) is 0 Å². The van der Waals surface area contributed by atoms with Gasteiger partial charge in [0.05, 0.1) is 15.8 Å². The van der Waals surface area contributed by atoms with Crippen LogP contribution >= 0.6 is 0 Å². The van der Waals surface area contributed by atoms with Crippen LogP contribution in [0, 0.1) is 6.92 Å². The van der Waals surface area contributed by atoms with Gasteiger partial charge in [0.25, 0.3) is 5.56 Å². The van der Waals surface area contributed by atoms with Crippen LogP contribution < -0.4 is 21.3 Å². The van der Waals surface area contributed by atoms with E-state index in [2.05, 4.69) is 10.0 Å². The van der Waals surface area contributed by atoms with Crippen LogP contribution in [0.2, 0.25) is 0 Å². The molecule has 0 spiro atoms. The summed E-state index contributed by atoms with van der Waals surface area (Å²) in [5.41, 5.74) is 1.83. The van der Waals surface area contributed by atoms with E-state index in [-0.39, 0.29) is 10.3 Å². The summed E-state index contributed by atoms with van der Waals surface area (Å²) in [4.78, 5) is 37.8. The van der Waals surface area contributed by atoms with Gasteiger partial charge in [0, 0.05) is 20.6 Å². The minimum absolute atomic E-state index is 0.0753. The highest BCUT2D eigenvalue weighted by Crippen LogP contribution is 2.20. The molecule has 0 aliphatic rings. The molecule has 0 aliphatic heterocycles. The normalized spacial score (nSPS) is 12.4. The Balaban J connectivity index is 1.62. The molecule has 4 aromatic rings. The number of aryl methyl sites for hydroxylation is 2. The molecule has 0 unspecified atom stereocenters. The van der Waals surface area contributed by atoms with Crippen LogP contribution in [0.4, 0.5) is 0 Å². The molecule has 1 amide bonds. The Labute approximate surface area is 214 Å². The number of hydrogen-bond acceptors (Lipinski definition) is 5. The van der Waals surface area contributed by atoms with Crippen molar-refractivity contribution in [2.45, 2.75) is 24.3 Å². The van der Waals surface area contributed by atoms with E-state index >= 15 is 0 Å². The van der Waals surface area contributed by atoms with Gasteiger partial charge in [0.15, 0.2) is 0 Å². The Morgan fingerprint density at radius 1 is 0.919 bits per heavy atom. The minimum Gasteiger partial charge on any atom is -0.354 e. The van der Waals surface area contributed by atoms with Gasteiger partial charge >= 0.3 is 5.69 Å². The fourth-order valence-electron chi connectivity index (χ4n) is 4.18. The Morgan fingerprint density at radius 2 is 1.65 bits per heavy atom. The predicted octanol–water partition coefficient (Wildman–Crippen LogP) is 1.92. The van der Waals surface area contributed by atoms with Crippen molar-refractivity contribution in [1.82, 2.24) is 19.2 Å². The summed E-state index contributed by atoms with van der Waals surface area (Å²) >= 11 is 0. The van der Waals surface area contributed by atoms with Gasteiger partial charge in [-0.3, -0.25) is 18.7 Å². The number of carbonyl (C=O) groups is 1. The average molecular weight is 521 g/mol. The maximum Gasteiger partial charge on any atom is 0.330 e. The van der Waals surface area contributed by atoms with Crippen LogP contribution in [0.1, 0.15) is 22.7 Å². The average Bonchev–Trinajstić information content (AvgIpc) is 2.89. The highest BCUT2D eigenvalue weighted by Gasteiger charge is 2.27. The van der Waals surface area contributed by atoms with Crippen molar-refractivity contribution in [3.8, 4) is 0 Å². The molecule has 0 radical (unpaired) electrons. The molecular formula is C27H28N4O5S. The molecule has 192 valence electrons. The number of carbonyl (C=O) groups excluding carboxylic acids is 1. The summed E-state index contributed by atoms with van der Waals surface area (Å²) in [6.07, 6.45) is 0.592. The van der Waals surface area contributed by atoms with Gasteiger partial charge in [0.1, 0.15) is 6.04 Å². The lowest BCUT2D eigenvalue weighted by Crippen LogP contribution is -2.41. The molecule has 3 aromatic carbocycles. The van der Waals surface area contributed by atoms with Gasteiger partial charge in [-0.15, -0.1) is 0 Å². The van der Waals surface area contributed by atoms with Gasteiger partial charge in [-0.2, -0.15) is 4.72 Å². The topological polar surface area (TPSA) is 119 Å². The second-order valence-corrected chi connectivity index (χ2v) is 10.6. The number of nitrogens with one attached hydrogen (secondary N) is 2. The van der Waals surface area contributed by atoms with Crippen LogP contribution in [0.3, 0.4) is 0 Å². The molecule has 1 aromatic heterocycles. The molecular weight excluding hydrogens is 492 g/mol. The maximum absolute atomic E-state index is 13.4. The van der Waals surface area contributed by atoms with E-state index in [1.807, 2.05) is 31.2 Å². The summed E-state index contributed by atoms with van der Waals surface area (Å²) in [5.74, 6) is -0.499. The van der Waals surface area contributed by atoms with Gasteiger partial charge in [-0.05, 0) is 42.7 Å². The van der Waals surface area contributed by atoms with E-state index in [1.54, 1.807) is 30.3 Å². The summed E-state index contributed by atoms with van der Waals surface area (Å²) in [7, 11) is -1.39. The molecule has 1 atom stereocenters. The zero-order valence-corrected chi connectivity index (χ0v) is 21.6. The zero-order valence-electron chi connectivity index (χ0n) is 20.8. The molecule has 0 fully saturated rings. The highest BCUT2D eigenvalue weighted by atomic mass is 32.2. The number of sulfonamides is 1. The Morgan fingerprint density at radius 3 is 2.35 bits per heavy atom. The van der Waals surface area contributed by atoms with Crippen molar-refractivity contribution in [1.29, 1.82) is 0 Å². The predicted molar refractivity (Wildman–Crippen MR) is 142 cm³/mol. The molecule has 1 heterocycles. The number of aromatic nitrogens is 2. The van der Waals surface area contributed by atoms with Crippen molar-refractivity contribution >= 4 is 26.8 Å². The van der Waals surface area contributed by atoms with E-state index in [0.717, 1.165) is 15.7 Å². The summed E-state index contributed by atoms with van der Waals surface area (Å²) < 4.78 is 31.4. The highest BCUT2D eigenvalue weighted by molar-refractivity contribution is 7.89. The van der Waals surface area contributed by atoms with E-state index in [4.69, 9.17) is 0 Å². The van der Waals surface area contributed by atoms with E-state index < -0.39 is 33.2 Å². The zero-order chi connectivity index (χ0) is 26.7. The SMILES string of the molecule is Cc1cccc(CCNC(=O)[C@H](NS(=O)(=O)c2ccc3c(c2)c(=O)n(C)c(=O)n3C)c2ccccc2)c1. The number of amides is 1. The molecule has 0 saturated heterocycles. The van der Waals surface area contributed by atoms with Crippen LogP contribution in [-0.2, 0) is 35.3 Å². The first-order chi connectivity index (χ1) is 17.6. The van der Waals surface area contributed by atoms with Gasteiger partial charge in [0.2, 0.25) is 15.9 Å². The third kappa shape index (κ3) is 5.55. The fourth-order valence-corrected chi connectivity index (χ4v) is 5.39. The molecule has 2 N–H and O–H groups in total. The second-order valence-electron chi connectivity index (χ2n) is 8.88. The fraction of sp³-hybridized carbons (Fsp3) is 0.222. The van der Waals surface area contributed by atoms with Crippen LogP contribution in [0.15, 0.2) is 87.3 Å². The number of nitrogens with zero attached hydrogens (tertiary/aromatic N) is 2. The first-order valence-electron chi connectivity index (χ1n) is 11.7. The smallest absolute Gasteiger partial charge is 0.330 e. The largest absolute Gasteiger partial charge is 0.354 e. The van der Waals surface area contributed by atoms with Crippen molar-refractivity contribution in [2.75, 3.05) is 6.54 Å². The monoisotopic (exact) mass is 520 g/mol. The molecule has 4 rings (SSSR count). The van der Waals surface area contributed by atoms with Crippen molar-refractivity contribution in [3.05, 3.63) is 110 Å². The first-order valence-corrected chi connectivity index (χ1v) is 13.2. The van der Waals surface area contributed by atoms with Crippen molar-refractivity contribution < 1.29 is 13.2 Å². The lowest BCUT2D eigenvalue weighted by Gasteiger charge is -2.19. The third-order valence-electron chi connectivity index (χ3n) is 6.21. The maximum atomic E-state index is 13.4. The Bertz CT molecular complexity index is 1690. The van der Waals surface area contributed by atoms with Crippen LogP contribution in [0.5, 0.6) is 0 Å². The van der Waals surface area contributed by atoms with Crippen LogP contribution in [0.25, 0.3) is 10.9 Å². The van der Waals surface area contributed by atoms with Gasteiger partial charge < -0.3 is 5.32 Å². The molecule has 0 bridgehead atoms. The standard InChI is InChI=1S/C27H28N4O5S/c1-18-8-7-9-19(16-18)14-15-28-25(32)24(20-10-5-4-6-11-20)29-37(35,36)21-12-13-23-22(17-21)26(33)31(3)27(34)30(23)2/h4-13,16-17,24,29H,14-15H2,1-3H3,(H,28,32)/t24-/m1/s1. The van der Waals surface area contributed by atoms with E-state index in [1.165, 1.54) is 36.9 Å². The Hall–Kier alpha value is -4.02. The van der Waals surface area contributed by atoms with Gasteiger partial charge in [-0.25, -0.2) is 13.2 Å². The van der Waals surface area contributed by atoms with E-state index in [0.29, 0.717) is 24.0 Å². The molecule has 9 nitrogen and oxygen atoms in total. The summed E-state index contributed by atoms with van der Waals surface area (Å²) in [6, 6.07) is 19.2. The lowest BCUT2D eigenvalue weighted by atomic mass is 10.1. The molecule has 0 aliphatic carbocycles. The quantitative estimate of drug-likeness (QED) is 0.368. The number of fused-ring (bicyclic) bond motifs is 1. The summed E-state index contributed by atoms with van der Waals surface area (Å²) in [5, 5.41) is 2.90. The lowest BCUT2D eigenvalue weighted by molar-refractivity contribution is -0.122. The minimum atomic E-state index is -4.23. The Kier molecular flexibility index (Phi) is 7.42. The second kappa shape index (κ2) is 10.5. The number of benzene rings is 3.